The lowest BCUT2D eigenvalue weighted by Crippen LogP contribution is -1.70. The van der Waals surface area contributed by atoms with E-state index in [-0.39, 0.29) is 0 Å². The Labute approximate surface area is 84.4 Å². The van der Waals surface area contributed by atoms with Crippen LogP contribution in [-0.4, -0.2) is 10.2 Å². The van der Waals surface area contributed by atoms with Crippen LogP contribution in [0.15, 0.2) is 16.5 Å². The minimum absolute atomic E-state index is 0.321. The van der Waals surface area contributed by atoms with Crippen LogP contribution in [0.1, 0.15) is 11.8 Å². The predicted octanol–water partition coefficient (Wildman–Crippen LogP) is 3.02. The van der Waals surface area contributed by atoms with E-state index >= 15 is 0 Å². The second-order valence-corrected chi connectivity index (χ2v) is 4.08. The number of aromatic amines is 1. The van der Waals surface area contributed by atoms with Crippen LogP contribution in [0.2, 0.25) is 0 Å². The van der Waals surface area contributed by atoms with E-state index in [1.54, 1.807) is 11.3 Å². The summed E-state index contributed by atoms with van der Waals surface area (Å²) in [4.78, 5) is 2.66. The minimum atomic E-state index is 0.321. The summed E-state index contributed by atoms with van der Waals surface area (Å²) in [5, 5.41) is 6.55. The molecule has 0 saturated heterocycles. The van der Waals surface area contributed by atoms with Gasteiger partial charge in [0, 0.05) is 4.88 Å². The number of rotatable bonds is 2. The van der Waals surface area contributed by atoms with Crippen molar-refractivity contribution in [1.29, 1.82) is 0 Å². The van der Waals surface area contributed by atoms with Gasteiger partial charge in [-0.2, -0.15) is 0 Å². The first-order valence-electron chi connectivity index (χ1n) is 3.94. The highest BCUT2D eigenvalue weighted by Gasteiger charge is 2.06. The number of thiophene rings is 1. The highest BCUT2D eigenvalue weighted by Crippen LogP contribution is 2.26. The molecule has 0 unspecified atom stereocenters. The number of nitrogens with one attached hydrogen (secondary N) is 1. The summed E-state index contributed by atoms with van der Waals surface area (Å²) in [6.07, 6.45) is 1.04. The number of hydrogen-bond donors (Lipinski definition) is 1. The van der Waals surface area contributed by atoms with E-state index in [1.807, 2.05) is 6.07 Å². The average Bonchev–Trinajstić information content (AvgIpc) is 2.71. The molecule has 0 radical (unpaired) electrons. The van der Waals surface area contributed by atoms with Crippen molar-refractivity contribution >= 4 is 23.6 Å². The Bertz CT molecular complexity index is 454. The fraction of sp³-hybridized carbons (Fsp3) is 0.250. The van der Waals surface area contributed by atoms with Crippen LogP contribution in [0.25, 0.3) is 10.8 Å². The van der Waals surface area contributed by atoms with Crippen molar-refractivity contribution < 1.29 is 4.42 Å². The maximum absolute atomic E-state index is 5.19. The molecule has 1 N–H and O–H groups in total. The summed E-state index contributed by atoms with van der Waals surface area (Å²) in [6, 6.07) is 4.07. The molecule has 0 fully saturated rings. The Hall–Kier alpha value is -0.940. The number of aryl methyl sites for hydroxylation is 1. The van der Waals surface area contributed by atoms with E-state index in [2.05, 4.69) is 23.2 Å². The van der Waals surface area contributed by atoms with E-state index in [4.69, 9.17) is 16.6 Å². The molecule has 2 aromatic rings. The second kappa shape index (κ2) is 3.43. The topological polar surface area (TPSA) is 41.8 Å². The zero-order chi connectivity index (χ0) is 9.26. The van der Waals surface area contributed by atoms with Gasteiger partial charge in [-0.25, -0.2) is 5.10 Å². The number of H-pyrrole nitrogens is 1. The van der Waals surface area contributed by atoms with Crippen molar-refractivity contribution in [3.63, 3.8) is 0 Å². The SMILES string of the molecule is CCc1ccc(-c2n[nH]c(=S)o2)s1. The Kier molecular flexibility index (Phi) is 2.28. The lowest BCUT2D eigenvalue weighted by Gasteiger charge is -1.85. The zero-order valence-corrected chi connectivity index (χ0v) is 8.67. The number of aromatic nitrogens is 2. The maximum Gasteiger partial charge on any atom is 0.284 e. The normalized spacial score (nSPS) is 10.5. The summed E-state index contributed by atoms with van der Waals surface area (Å²) in [6.45, 7) is 2.12. The zero-order valence-electron chi connectivity index (χ0n) is 7.03. The molecule has 68 valence electrons. The first-order chi connectivity index (χ1) is 6.29. The van der Waals surface area contributed by atoms with Gasteiger partial charge in [0.1, 0.15) is 0 Å². The Balaban J connectivity index is 2.40. The van der Waals surface area contributed by atoms with E-state index in [1.165, 1.54) is 4.88 Å². The molecule has 0 aliphatic carbocycles. The predicted molar refractivity (Wildman–Crippen MR) is 54.4 cm³/mol. The van der Waals surface area contributed by atoms with Crippen LogP contribution in [-0.2, 0) is 6.42 Å². The Morgan fingerprint density at radius 2 is 2.46 bits per heavy atom. The third kappa shape index (κ3) is 1.71. The largest absolute Gasteiger partial charge is 0.408 e. The van der Waals surface area contributed by atoms with Crippen molar-refractivity contribution in [2.45, 2.75) is 13.3 Å². The van der Waals surface area contributed by atoms with Crippen molar-refractivity contribution in [1.82, 2.24) is 10.2 Å². The highest BCUT2D eigenvalue weighted by atomic mass is 32.1. The van der Waals surface area contributed by atoms with Crippen LogP contribution < -0.4 is 0 Å². The fourth-order valence-corrected chi connectivity index (χ4v) is 2.02. The molecular weight excluding hydrogens is 204 g/mol. The quantitative estimate of drug-likeness (QED) is 0.778. The third-order valence-corrected chi connectivity index (χ3v) is 3.05. The molecule has 0 aliphatic rings. The van der Waals surface area contributed by atoms with Crippen LogP contribution in [0.4, 0.5) is 0 Å². The first-order valence-corrected chi connectivity index (χ1v) is 5.16. The van der Waals surface area contributed by atoms with Gasteiger partial charge < -0.3 is 4.42 Å². The van der Waals surface area contributed by atoms with Gasteiger partial charge >= 0.3 is 0 Å². The van der Waals surface area contributed by atoms with Gasteiger partial charge in [-0.05, 0) is 30.8 Å². The van der Waals surface area contributed by atoms with Crippen molar-refractivity contribution in [3.8, 4) is 10.8 Å². The van der Waals surface area contributed by atoms with Gasteiger partial charge in [0.05, 0.1) is 4.88 Å². The molecule has 2 heterocycles. The molecule has 2 rings (SSSR count). The van der Waals surface area contributed by atoms with Gasteiger partial charge in [0.25, 0.3) is 10.7 Å². The van der Waals surface area contributed by atoms with Crippen LogP contribution in [0.5, 0.6) is 0 Å². The number of nitrogens with zero attached hydrogens (tertiary/aromatic N) is 1. The Morgan fingerprint density at radius 3 is 3.00 bits per heavy atom. The first kappa shape index (κ1) is 8.65. The standard InChI is InChI=1S/C8H8N2OS2/c1-2-5-3-4-6(13-5)7-9-10-8(12)11-7/h3-4H,2H2,1H3,(H,10,12). The summed E-state index contributed by atoms with van der Waals surface area (Å²) in [5.74, 6) is 0.578. The van der Waals surface area contributed by atoms with Crippen LogP contribution in [0, 0.1) is 4.84 Å². The van der Waals surface area contributed by atoms with Crippen LogP contribution in [0.3, 0.4) is 0 Å². The third-order valence-electron chi connectivity index (χ3n) is 1.66. The average molecular weight is 212 g/mol. The smallest absolute Gasteiger partial charge is 0.284 e. The summed E-state index contributed by atoms with van der Waals surface area (Å²) in [7, 11) is 0. The Morgan fingerprint density at radius 1 is 1.62 bits per heavy atom. The molecule has 5 heteroatoms. The summed E-state index contributed by atoms with van der Waals surface area (Å²) < 4.78 is 5.19. The molecule has 0 aromatic carbocycles. The van der Waals surface area contributed by atoms with Gasteiger partial charge in [0.2, 0.25) is 0 Å². The second-order valence-electron chi connectivity index (χ2n) is 2.54. The summed E-state index contributed by atoms with van der Waals surface area (Å²) >= 11 is 6.46. The molecule has 0 spiro atoms. The lowest BCUT2D eigenvalue weighted by atomic mass is 10.4. The molecule has 0 amide bonds. The molecular formula is C8H8N2OS2. The van der Waals surface area contributed by atoms with Crippen molar-refractivity contribution in [2.24, 2.45) is 0 Å². The lowest BCUT2D eigenvalue weighted by molar-refractivity contribution is 0.553. The molecule has 13 heavy (non-hydrogen) atoms. The van der Waals surface area contributed by atoms with Gasteiger partial charge in [-0.3, -0.25) is 0 Å². The molecule has 0 atom stereocenters. The molecule has 0 saturated carbocycles. The van der Waals surface area contributed by atoms with Crippen molar-refractivity contribution in [2.75, 3.05) is 0 Å². The van der Waals surface area contributed by atoms with Gasteiger partial charge in [0.15, 0.2) is 0 Å². The highest BCUT2D eigenvalue weighted by molar-refractivity contribution is 7.71. The van der Waals surface area contributed by atoms with Gasteiger partial charge in [-0.15, -0.1) is 16.4 Å². The molecule has 0 aliphatic heterocycles. The van der Waals surface area contributed by atoms with E-state index in [0.717, 1.165) is 11.3 Å². The van der Waals surface area contributed by atoms with Crippen molar-refractivity contribution in [3.05, 3.63) is 21.8 Å². The van der Waals surface area contributed by atoms with E-state index in [9.17, 15) is 0 Å². The van der Waals surface area contributed by atoms with Gasteiger partial charge in [-0.1, -0.05) is 6.92 Å². The summed E-state index contributed by atoms with van der Waals surface area (Å²) in [5.41, 5.74) is 0. The monoisotopic (exact) mass is 212 g/mol. The number of hydrogen-bond acceptors (Lipinski definition) is 4. The van der Waals surface area contributed by atoms with Crippen LogP contribution >= 0.6 is 23.6 Å². The molecule has 2 aromatic heterocycles. The molecule has 3 nitrogen and oxygen atoms in total. The molecule has 0 bridgehead atoms. The maximum atomic E-state index is 5.19. The van der Waals surface area contributed by atoms with E-state index in [0.29, 0.717) is 10.7 Å². The van der Waals surface area contributed by atoms with E-state index < -0.39 is 0 Å². The minimum Gasteiger partial charge on any atom is -0.408 e. The fourth-order valence-electron chi connectivity index (χ4n) is 1.02.